The minimum absolute atomic E-state index is 0.0565. The van der Waals surface area contributed by atoms with Gasteiger partial charge in [-0.2, -0.15) is 0 Å². The summed E-state index contributed by atoms with van der Waals surface area (Å²) in [6.07, 6.45) is 0.697. The number of carbonyl (C=O) groups is 3. The van der Waals surface area contributed by atoms with Gasteiger partial charge in [0.15, 0.2) is 6.61 Å². The van der Waals surface area contributed by atoms with E-state index in [9.17, 15) is 23.6 Å². The Hall–Kier alpha value is -3.64. The lowest BCUT2D eigenvalue weighted by atomic mass is 9.68. The average Bonchev–Trinajstić information content (AvgIpc) is 3.77. The van der Waals surface area contributed by atoms with E-state index in [0.29, 0.717) is 33.6 Å². The third-order valence-corrected chi connectivity index (χ3v) is 12.7. The van der Waals surface area contributed by atoms with E-state index in [4.69, 9.17) is 27.9 Å². The number of nitrogens with zero attached hydrogens (tertiary/aromatic N) is 1. The summed E-state index contributed by atoms with van der Waals surface area (Å²) in [4.78, 5) is 58.1. The quantitative estimate of drug-likeness (QED) is 0.221. The summed E-state index contributed by atoms with van der Waals surface area (Å²) < 4.78 is 19.8. The molecule has 3 fully saturated rings. The molecule has 13 heteroatoms. The van der Waals surface area contributed by atoms with E-state index < -0.39 is 17.7 Å². The van der Waals surface area contributed by atoms with Gasteiger partial charge in [-0.25, -0.2) is 4.39 Å². The molecular formula is C33H24Cl2FN3O5S2. The van der Waals surface area contributed by atoms with Crippen molar-refractivity contribution in [3.05, 3.63) is 103 Å². The Balaban J connectivity index is 1.14. The molecule has 2 N–H and O–H groups in total. The van der Waals surface area contributed by atoms with Gasteiger partial charge in [0.25, 0.3) is 5.91 Å². The Morgan fingerprint density at radius 3 is 2.39 bits per heavy atom. The number of anilines is 2. The SMILES string of the molecule is O=C(COc1ccc(Cl)cc1[C@@H]1c2sc(=O)[nH]c2S[C@@H]2[C@@H]3C[C@@H]([C@@H]4C(=O)N(c5ccc(F)cc5)C(=O)[C@@H]34)[C@H]12)Nc1ccc(Cl)cc1. The first kappa shape index (κ1) is 29.7. The fraction of sp³-hybridized carbons (Fsp3) is 0.273. The van der Waals surface area contributed by atoms with Crippen molar-refractivity contribution in [2.24, 2.45) is 29.6 Å². The Labute approximate surface area is 280 Å². The molecule has 7 atom stereocenters. The average molecular weight is 697 g/mol. The number of rotatable bonds is 6. The Bertz CT molecular complexity index is 1970. The molecule has 2 saturated carbocycles. The number of amides is 3. The number of carbonyl (C=O) groups excluding carboxylic acids is 3. The van der Waals surface area contributed by atoms with Crippen LogP contribution in [0.2, 0.25) is 10.0 Å². The van der Waals surface area contributed by atoms with E-state index in [1.54, 1.807) is 54.2 Å². The van der Waals surface area contributed by atoms with Crippen LogP contribution in [0.3, 0.4) is 0 Å². The molecule has 0 spiro atoms. The van der Waals surface area contributed by atoms with Crippen molar-refractivity contribution in [3.63, 3.8) is 0 Å². The lowest BCUT2D eigenvalue weighted by molar-refractivity contribution is -0.123. The fourth-order valence-corrected chi connectivity index (χ4v) is 11.2. The highest BCUT2D eigenvalue weighted by Crippen LogP contribution is 2.69. The molecule has 3 heterocycles. The number of hydrogen-bond acceptors (Lipinski definition) is 7. The van der Waals surface area contributed by atoms with Crippen LogP contribution < -0.4 is 19.8 Å². The molecule has 1 saturated heterocycles. The van der Waals surface area contributed by atoms with Gasteiger partial charge in [0.05, 0.1) is 22.5 Å². The summed E-state index contributed by atoms with van der Waals surface area (Å²) in [5.41, 5.74) is 1.66. The van der Waals surface area contributed by atoms with Gasteiger partial charge in [0, 0.05) is 37.3 Å². The van der Waals surface area contributed by atoms with Crippen LogP contribution in [-0.4, -0.2) is 34.6 Å². The van der Waals surface area contributed by atoms with E-state index in [1.807, 2.05) is 0 Å². The predicted octanol–water partition coefficient (Wildman–Crippen LogP) is 6.58. The fourth-order valence-electron chi connectivity index (χ4n) is 7.98. The van der Waals surface area contributed by atoms with Gasteiger partial charge >= 0.3 is 4.87 Å². The third kappa shape index (κ3) is 4.78. The largest absolute Gasteiger partial charge is 0.483 e. The van der Waals surface area contributed by atoms with Crippen LogP contribution in [0.15, 0.2) is 76.6 Å². The van der Waals surface area contributed by atoms with Gasteiger partial charge in [-0.05, 0) is 90.9 Å². The van der Waals surface area contributed by atoms with Crippen molar-refractivity contribution in [1.29, 1.82) is 0 Å². The van der Waals surface area contributed by atoms with Crippen molar-refractivity contribution in [2.45, 2.75) is 22.6 Å². The first-order valence-corrected chi connectivity index (χ1v) is 17.1. The zero-order valence-corrected chi connectivity index (χ0v) is 26.9. The van der Waals surface area contributed by atoms with Crippen molar-refractivity contribution in [2.75, 3.05) is 16.8 Å². The molecule has 4 aromatic rings. The van der Waals surface area contributed by atoms with E-state index >= 15 is 0 Å². The molecule has 0 unspecified atom stereocenters. The highest BCUT2D eigenvalue weighted by Gasteiger charge is 2.69. The first-order valence-electron chi connectivity index (χ1n) is 14.7. The van der Waals surface area contributed by atoms with Crippen LogP contribution in [0.4, 0.5) is 15.8 Å². The first-order chi connectivity index (χ1) is 22.2. The lowest BCUT2D eigenvalue weighted by Crippen LogP contribution is -2.42. The summed E-state index contributed by atoms with van der Waals surface area (Å²) in [5, 5.41) is 4.49. The number of halogens is 3. The molecule has 8 nitrogen and oxygen atoms in total. The molecule has 4 aliphatic rings. The van der Waals surface area contributed by atoms with E-state index in [0.717, 1.165) is 26.8 Å². The molecule has 2 bridgehead atoms. The molecule has 8 rings (SSSR count). The summed E-state index contributed by atoms with van der Waals surface area (Å²) in [7, 11) is 0. The normalized spacial score (nSPS) is 27.4. The van der Waals surface area contributed by atoms with Crippen molar-refractivity contribution >= 4 is 75.4 Å². The standard InChI is InChI=1S/C33H24Cl2FN3O5S2/c34-14-1-6-17(7-2-14)37-23(40)13-44-22-10-3-15(35)11-19(22)24-25-20-12-21(28(25)45-30-29(24)46-33(43)38-30)27-26(20)31(41)39(32(27)42)18-8-4-16(36)5-9-18/h1-11,20-21,24-28H,12-13H2,(H,37,40)(H,38,43)/t20-,21-,24+,25-,26+,27+,28-/m1/s1. The zero-order valence-electron chi connectivity index (χ0n) is 23.7. The summed E-state index contributed by atoms with van der Waals surface area (Å²) >= 11 is 15.2. The molecule has 234 valence electrons. The maximum atomic E-state index is 14.0. The van der Waals surface area contributed by atoms with Gasteiger partial charge in [0.2, 0.25) is 11.8 Å². The number of thiazole rings is 1. The molecule has 1 aromatic heterocycles. The van der Waals surface area contributed by atoms with Crippen LogP contribution in [0.25, 0.3) is 0 Å². The van der Waals surface area contributed by atoms with Gasteiger partial charge in [-0.1, -0.05) is 34.5 Å². The van der Waals surface area contributed by atoms with Crippen LogP contribution >= 0.6 is 46.3 Å². The highest BCUT2D eigenvalue weighted by molar-refractivity contribution is 8.00. The molecule has 3 aromatic carbocycles. The summed E-state index contributed by atoms with van der Waals surface area (Å²) in [6, 6.07) is 17.3. The monoisotopic (exact) mass is 695 g/mol. The zero-order chi connectivity index (χ0) is 31.9. The van der Waals surface area contributed by atoms with Gasteiger partial charge in [-0.15, -0.1) is 11.8 Å². The molecule has 0 radical (unpaired) electrons. The van der Waals surface area contributed by atoms with Crippen LogP contribution in [-0.2, 0) is 14.4 Å². The van der Waals surface area contributed by atoms with Crippen molar-refractivity contribution in [3.8, 4) is 5.75 Å². The number of H-pyrrole nitrogens is 1. The number of ether oxygens (including phenoxy) is 1. The number of benzene rings is 3. The molecule has 2 aliphatic carbocycles. The second kappa shape index (κ2) is 11.3. The lowest BCUT2D eigenvalue weighted by Gasteiger charge is -2.43. The van der Waals surface area contributed by atoms with Gasteiger partial charge in [-0.3, -0.25) is 24.1 Å². The second-order valence-corrected chi connectivity index (χ2v) is 15.1. The van der Waals surface area contributed by atoms with Crippen LogP contribution in [0.1, 0.15) is 22.8 Å². The van der Waals surface area contributed by atoms with E-state index in [2.05, 4.69) is 10.3 Å². The topological polar surface area (TPSA) is 109 Å². The number of nitrogens with one attached hydrogen (secondary N) is 2. The number of hydrogen-bond donors (Lipinski definition) is 2. The minimum Gasteiger partial charge on any atom is -0.483 e. The second-order valence-electron chi connectivity index (χ2n) is 12.0. The van der Waals surface area contributed by atoms with Crippen molar-refractivity contribution in [1.82, 2.24) is 4.98 Å². The number of fused-ring (bicyclic) bond motifs is 9. The predicted molar refractivity (Wildman–Crippen MR) is 174 cm³/mol. The van der Waals surface area contributed by atoms with Crippen LogP contribution in [0.5, 0.6) is 5.75 Å². The minimum atomic E-state index is -0.530. The summed E-state index contributed by atoms with van der Waals surface area (Å²) in [5.74, 6) is -2.64. The maximum absolute atomic E-state index is 14.0. The van der Waals surface area contributed by atoms with Gasteiger partial charge < -0.3 is 15.0 Å². The molecule has 46 heavy (non-hydrogen) atoms. The Kier molecular flexibility index (Phi) is 7.28. The van der Waals surface area contributed by atoms with Gasteiger partial charge in [0.1, 0.15) is 11.6 Å². The van der Waals surface area contributed by atoms with Crippen LogP contribution in [0, 0.1) is 35.4 Å². The number of thioether (sulfide) groups is 1. The summed E-state index contributed by atoms with van der Waals surface area (Å²) in [6.45, 7) is -0.278. The van der Waals surface area contributed by atoms with E-state index in [1.165, 1.54) is 29.2 Å². The molecular weight excluding hydrogens is 672 g/mol. The number of aromatic nitrogens is 1. The smallest absolute Gasteiger partial charge is 0.305 e. The number of imide groups is 1. The molecule has 3 amide bonds. The highest BCUT2D eigenvalue weighted by atomic mass is 35.5. The maximum Gasteiger partial charge on any atom is 0.305 e. The van der Waals surface area contributed by atoms with Crippen molar-refractivity contribution < 1.29 is 23.5 Å². The third-order valence-electron chi connectivity index (χ3n) is 9.60. The Morgan fingerprint density at radius 2 is 1.65 bits per heavy atom. The Morgan fingerprint density at radius 1 is 0.957 bits per heavy atom. The number of aromatic amines is 1. The van der Waals surface area contributed by atoms with E-state index in [-0.39, 0.29) is 58.1 Å². The molecule has 2 aliphatic heterocycles.